The van der Waals surface area contributed by atoms with Gasteiger partial charge >= 0.3 is 0 Å². The van der Waals surface area contributed by atoms with E-state index >= 15 is 0 Å². The van der Waals surface area contributed by atoms with E-state index in [1.54, 1.807) is 20.3 Å². The first-order chi connectivity index (χ1) is 20.5. The molecule has 3 heterocycles. The summed E-state index contributed by atoms with van der Waals surface area (Å²) in [5.74, 6) is 2.96. The second-order valence-electron chi connectivity index (χ2n) is 11.1. The summed E-state index contributed by atoms with van der Waals surface area (Å²) in [5, 5.41) is 29.4. The van der Waals surface area contributed by atoms with Gasteiger partial charge in [-0.2, -0.15) is 0 Å². The standard InChI is InChI=1S/C34H34N2O6/c1-39-29-16-21-8-10-35-25-13-19-4-3-5-23(12-19)41-28-15-20(6-7-27(28)37)14-26-32-22(9-11-36-26)17-31(40-2)33(38)34(32)42-30(29)18-24(21)25/h3-7,12,15-18,25-26,35-38H,8-11,13-14H2,1-2H3/t25-,26+/m0/s1. The van der Waals surface area contributed by atoms with Crippen molar-refractivity contribution in [2.24, 2.45) is 0 Å². The van der Waals surface area contributed by atoms with Crippen molar-refractivity contribution in [1.82, 2.24) is 10.6 Å². The molecule has 0 aromatic heterocycles. The molecule has 0 saturated heterocycles. The van der Waals surface area contributed by atoms with Gasteiger partial charge < -0.3 is 39.8 Å². The zero-order valence-electron chi connectivity index (χ0n) is 23.7. The molecule has 42 heavy (non-hydrogen) atoms. The summed E-state index contributed by atoms with van der Waals surface area (Å²) in [4.78, 5) is 0. The largest absolute Gasteiger partial charge is 0.504 e. The van der Waals surface area contributed by atoms with Crippen LogP contribution in [0.3, 0.4) is 0 Å². The number of hydrogen-bond donors (Lipinski definition) is 4. The normalized spacial score (nSPS) is 19.0. The van der Waals surface area contributed by atoms with E-state index in [-0.39, 0.29) is 23.6 Å². The van der Waals surface area contributed by atoms with Crippen molar-refractivity contribution in [3.05, 3.63) is 94.0 Å². The van der Waals surface area contributed by atoms with Gasteiger partial charge in [-0.1, -0.05) is 18.2 Å². The van der Waals surface area contributed by atoms with Crippen LogP contribution >= 0.6 is 0 Å². The second kappa shape index (κ2) is 10.8. The fourth-order valence-electron chi connectivity index (χ4n) is 6.48. The van der Waals surface area contributed by atoms with Gasteiger partial charge in [-0.05, 0) is 109 Å². The number of rotatable bonds is 2. The van der Waals surface area contributed by atoms with E-state index in [2.05, 4.69) is 22.8 Å². The van der Waals surface area contributed by atoms with Crippen LogP contribution in [0.2, 0.25) is 0 Å². The summed E-state index contributed by atoms with van der Waals surface area (Å²) >= 11 is 0. The molecule has 3 aliphatic heterocycles. The number of fused-ring (bicyclic) bond motifs is 5. The smallest absolute Gasteiger partial charge is 0.201 e. The van der Waals surface area contributed by atoms with Gasteiger partial charge in [-0.25, -0.2) is 0 Å². The Kier molecular flexibility index (Phi) is 6.80. The lowest BCUT2D eigenvalue weighted by atomic mass is 9.88. The summed E-state index contributed by atoms with van der Waals surface area (Å²) in [5.41, 5.74) is 6.32. The van der Waals surface area contributed by atoms with E-state index in [0.29, 0.717) is 40.9 Å². The van der Waals surface area contributed by atoms with Crippen molar-refractivity contribution in [3.63, 3.8) is 0 Å². The average Bonchev–Trinajstić information content (AvgIpc) is 3.00. The lowest BCUT2D eigenvalue weighted by Gasteiger charge is -2.31. The molecular formula is C34H34N2O6. The van der Waals surface area contributed by atoms with Crippen molar-refractivity contribution in [2.45, 2.75) is 37.8 Å². The van der Waals surface area contributed by atoms with E-state index in [0.717, 1.165) is 60.2 Å². The van der Waals surface area contributed by atoms with Crippen LogP contribution in [-0.4, -0.2) is 37.5 Å². The van der Waals surface area contributed by atoms with Gasteiger partial charge in [0.15, 0.2) is 34.5 Å². The minimum absolute atomic E-state index is 0.0342. The molecule has 7 rings (SSSR count). The maximum absolute atomic E-state index is 11.5. The Bertz CT molecular complexity index is 1670. The predicted molar refractivity (Wildman–Crippen MR) is 159 cm³/mol. The lowest BCUT2D eigenvalue weighted by Crippen LogP contribution is -2.32. The van der Waals surface area contributed by atoms with Gasteiger partial charge in [0.2, 0.25) is 5.75 Å². The molecular weight excluding hydrogens is 532 g/mol. The zero-order chi connectivity index (χ0) is 28.8. The fourth-order valence-corrected chi connectivity index (χ4v) is 6.48. The Hall–Kier alpha value is -4.40. The molecule has 4 aromatic rings. The van der Waals surface area contributed by atoms with Crippen LogP contribution in [0.1, 0.15) is 45.5 Å². The average molecular weight is 567 g/mol. The Morgan fingerprint density at radius 1 is 0.738 bits per heavy atom. The van der Waals surface area contributed by atoms with Crippen molar-refractivity contribution in [3.8, 4) is 46.0 Å². The van der Waals surface area contributed by atoms with Gasteiger partial charge in [0, 0.05) is 17.6 Å². The maximum atomic E-state index is 11.5. The number of phenols is 2. The highest BCUT2D eigenvalue weighted by Crippen LogP contribution is 2.50. The maximum Gasteiger partial charge on any atom is 0.201 e. The molecule has 0 fully saturated rings. The SMILES string of the molecule is COc1cc2c3cc1Oc1c(O)c(OC)cc4c1[C@@H](Cc1ccc(O)c(c1)Oc1cccc(c1)C[C@@H]3NCC2)NCC4. The zero-order valence-corrected chi connectivity index (χ0v) is 23.7. The highest BCUT2D eigenvalue weighted by atomic mass is 16.5. The van der Waals surface area contributed by atoms with E-state index in [9.17, 15) is 10.2 Å². The minimum Gasteiger partial charge on any atom is -0.504 e. The Balaban J connectivity index is 1.44. The number of benzene rings is 4. The number of hydrogen-bond acceptors (Lipinski definition) is 8. The Morgan fingerprint density at radius 3 is 2.31 bits per heavy atom. The molecule has 0 amide bonds. The van der Waals surface area contributed by atoms with Gasteiger partial charge in [0.1, 0.15) is 5.75 Å². The van der Waals surface area contributed by atoms with Crippen LogP contribution < -0.4 is 29.6 Å². The van der Waals surface area contributed by atoms with Crippen molar-refractivity contribution in [2.75, 3.05) is 27.3 Å². The number of nitrogens with one attached hydrogen (secondary N) is 2. The fraction of sp³-hybridized carbons (Fsp3) is 0.294. The molecule has 0 unspecified atom stereocenters. The Labute approximate surface area is 244 Å². The highest BCUT2D eigenvalue weighted by Gasteiger charge is 2.31. The lowest BCUT2D eigenvalue weighted by molar-refractivity contribution is 0.334. The van der Waals surface area contributed by atoms with Gasteiger partial charge in [0.05, 0.1) is 14.2 Å². The molecule has 8 heteroatoms. The van der Waals surface area contributed by atoms with E-state index in [1.165, 1.54) is 5.56 Å². The van der Waals surface area contributed by atoms with E-state index < -0.39 is 0 Å². The highest BCUT2D eigenvalue weighted by molar-refractivity contribution is 5.63. The first-order valence-electron chi connectivity index (χ1n) is 14.4. The van der Waals surface area contributed by atoms with Crippen LogP contribution in [0.15, 0.2) is 60.7 Å². The number of phenolic OH excluding ortho intramolecular Hbond substituents is 2. The van der Waals surface area contributed by atoms with Crippen molar-refractivity contribution < 1.29 is 29.2 Å². The molecule has 216 valence electrons. The van der Waals surface area contributed by atoms with Crippen molar-refractivity contribution in [1.29, 1.82) is 0 Å². The molecule has 3 aliphatic rings. The molecule has 0 radical (unpaired) electrons. The third-order valence-corrected chi connectivity index (χ3v) is 8.53. The summed E-state index contributed by atoms with van der Waals surface area (Å²) in [6, 6.07) is 19.3. The molecule has 8 nitrogen and oxygen atoms in total. The summed E-state index contributed by atoms with van der Waals surface area (Å²) in [7, 11) is 3.19. The van der Waals surface area contributed by atoms with E-state index in [4.69, 9.17) is 18.9 Å². The van der Waals surface area contributed by atoms with Crippen LogP contribution in [0.25, 0.3) is 0 Å². The quantitative estimate of drug-likeness (QED) is 0.239. The van der Waals surface area contributed by atoms with Gasteiger partial charge in [-0.3, -0.25) is 0 Å². The van der Waals surface area contributed by atoms with Crippen LogP contribution in [-0.2, 0) is 25.7 Å². The van der Waals surface area contributed by atoms with Crippen molar-refractivity contribution >= 4 is 0 Å². The third kappa shape index (κ3) is 4.76. The predicted octanol–water partition coefficient (Wildman–Crippen LogP) is 5.87. The third-order valence-electron chi connectivity index (χ3n) is 8.53. The van der Waals surface area contributed by atoms with E-state index in [1.807, 2.05) is 42.5 Å². The number of aromatic hydroxyl groups is 2. The molecule has 0 spiro atoms. The molecule has 4 aromatic carbocycles. The number of ether oxygens (including phenoxy) is 4. The van der Waals surface area contributed by atoms with Crippen LogP contribution in [0.5, 0.6) is 46.0 Å². The number of methoxy groups -OCH3 is 2. The second-order valence-corrected chi connectivity index (χ2v) is 11.1. The minimum atomic E-state index is -0.171. The first kappa shape index (κ1) is 26.5. The Morgan fingerprint density at radius 2 is 1.48 bits per heavy atom. The topological polar surface area (TPSA) is 101 Å². The summed E-state index contributed by atoms with van der Waals surface area (Å²) in [6.45, 7) is 1.60. The van der Waals surface area contributed by atoms with Gasteiger partial charge in [-0.15, -0.1) is 0 Å². The molecule has 6 bridgehead atoms. The molecule has 4 N–H and O–H groups in total. The van der Waals surface area contributed by atoms with Gasteiger partial charge in [0.25, 0.3) is 0 Å². The monoisotopic (exact) mass is 566 g/mol. The molecule has 2 atom stereocenters. The summed E-state index contributed by atoms with van der Waals surface area (Å²) in [6.07, 6.45) is 2.94. The van der Waals surface area contributed by atoms with Crippen LogP contribution in [0.4, 0.5) is 0 Å². The molecule has 0 saturated carbocycles. The summed E-state index contributed by atoms with van der Waals surface area (Å²) < 4.78 is 24.3. The van der Waals surface area contributed by atoms with Crippen LogP contribution in [0, 0.1) is 0 Å². The first-order valence-corrected chi connectivity index (χ1v) is 14.4. The molecule has 0 aliphatic carbocycles.